The molecule has 0 saturated carbocycles. The fraction of sp³-hybridized carbons (Fsp3) is 0.0652. The lowest BCUT2D eigenvalue weighted by Gasteiger charge is -2.26. The van der Waals surface area contributed by atoms with Crippen molar-refractivity contribution in [3.05, 3.63) is 163 Å². The van der Waals surface area contributed by atoms with E-state index in [9.17, 15) is 0 Å². The van der Waals surface area contributed by atoms with Gasteiger partial charge in [-0.25, -0.2) is 15.0 Å². The molecule has 3 heteroatoms. The number of rotatable bonds is 3. The van der Waals surface area contributed by atoms with Gasteiger partial charge in [0.1, 0.15) is 0 Å². The van der Waals surface area contributed by atoms with Crippen LogP contribution < -0.4 is 0 Å². The van der Waals surface area contributed by atoms with Crippen molar-refractivity contribution < 1.29 is 0 Å². The van der Waals surface area contributed by atoms with E-state index in [1.54, 1.807) is 12.4 Å². The predicted molar refractivity (Wildman–Crippen MR) is 204 cm³/mol. The first kappa shape index (κ1) is 27.9. The van der Waals surface area contributed by atoms with Crippen LogP contribution in [0.2, 0.25) is 0 Å². The normalized spacial score (nSPS) is 13.3. The highest BCUT2D eigenvalue weighted by Gasteiger charge is 2.40. The molecule has 0 atom stereocenters. The second kappa shape index (κ2) is 10.4. The van der Waals surface area contributed by atoms with Crippen LogP contribution in [0.5, 0.6) is 0 Å². The fourth-order valence-corrected chi connectivity index (χ4v) is 8.40. The molecule has 0 fully saturated rings. The lowest BCUT2D eigenvalue weighted by atomic mass is 9.77. The van der Waals surface area contributed by atoms with E-state index in [1.165, 1.54) is 71.3 Å². The van der Waals surface area contributed by atoms with Crippen molar-refractivity contribution in [2.75, 3.05) is 0 Å². The van der Waals surface area contributed by atoms with Gasteiger partial charge in [-0.15, -0.1) is 0 Å². The second-order valence-electron chi connectivity index (χ2n) is 13.5. The first-order valence-electron chi connectivity index (χ1n) is 16.9. The number of hydrogen-bond donors (Lipinski definition) is 0. The summed E-state index contributed by atoms with van der Waals surface area (Å²) in [5.74, 6) is 0.736. The van der Waals surface area contributed by atoms with Gasteiger partial charge in [0, 0.05) is 34.3 Å². The zero-order valence-electron chi connectivity index (χ0n) is 27.3. The molecule has 9 aromatic rings. The van der Waals surface area contributed by atoms with Crippen molar-refractivity contribution in [2.45, 2.75) is 19.3 Å². The van der Waals surface area contributed by atoms with Gasteiger partial charge in [0.2, 0.25) is 0 Å². The predicted octanol–water partition coefficient (Wildman–Crippen LogP) is 11.8. The number of aromatic nitrogens is 3. The summed E-state index contributed by atoms with van der Waals surface area (Å²) in [7, 11) is 0. The van der Waals surface area contributed by atoms with Gasteiger partial charge < -0.3 is 0 Å². The van der Waals surface area contributed by atoms with Crippen LogP contribution in [-0.4, -0.2) is 15.0 Å². The quantitative estimate of drug-likeness (QED) is 0.183. The van der Waals surface area contributed by atoms with E-state index in [0.29, 0.717) is 0 Å². The minimum atomic E-state index is -0.231. The van der Waals surface area contributed by atoms with Gasteiger partial charge in [-0.1, -0.05) is 135 Å². The van der Waals surface area contributed by atoms with E-state index in [0.717, 1.165) is 28.0 Å². The highest BCUT2D eigenvalue weighted by Crippen LogP contribution is 2.55. The molecule has 230 valence electrons. The fourth-order valence-electron chi connectivity index (χ4n) is 8.40. The number of hydrogen-bond acceptors (Lipinski definition) is 3. The minimum Gasteiger partial charge on any atom is -0.247 e. The van der Waals surface area contributed by atoms with Gasteiger partial charge in [0.25, 0.3) is 0 Å². The zero-order chi connectivity index (χ0) is 32.7. The minimum absolute atomic E-state index is 0.231. The Morgan fingerprint density at radius 1 is 0.449 bits per heavy atom. The zero-order valence-corrected chi connectivity index (χ0v) is 27.3. The third-order valence-corrected chi connectivity index (χ3v) is 10.6. The Kier molecular flexibility index (Phi) is 5.92. The molecule has 49 heavy (non-hydrogen) atoms. The summed E-state index contributed by atoms with van der Waals surface area (Å²) >= 11 is 0. The van der Waals surface area contributed by atoms with E-state index >= 15 is 0 Å². The van der Waals surface area contributed by atoms with E-state index in [1.807, 2.05) is 6.07 Å². The van der Waals surface area contributed by atoms with Crippen LogP contribution in [0.4, 0.5) is 0 Å². The molecule has 3 nitrogen and oxygen atoms in total. The SMILES string of the molecule is CC1(C)c2ccccc2-c2nc3ccc4ccccc4c3c(-c3ccc(-c4ccc(-c5ncccn5)c5ccccc45)c4ccccc34)c21. The molecule has 0 bridgehead atoms. The molecule has 0 amide bonds. The first-order chi connectivity index (χ1) is 24.1. The molecule has 1 aliphatic rings. The van der Waals surface area contributed by atoms with Gasteiger partial charge in [0.05, 0.1) is 11.2 Å². The molecule has 0 spiro atoms. The maximum Gasteiger partial charge on any atom is 0.159 e. The van der Waals surface area contributed by atoms with Gasteiger partial charge >= 0.3 is 0 Å². The van der Waals surface area contributed by atoms with Gasteiger partial charge in [-0.3, -0.25) is 0 Å². The summed E-state index contributed by atoms with van der Waals surface area (Å²) in [5, 5.41) is 8.45. The van der Waals surface area contributed by atoms with Crippen molar-refractivity contribution in [1.29, 1.82) is 0 Å². The molecule has 0 unspecified atom stereocenters. The number of pyridine rings is 1. The molecule has 0 aliphatic heterocycles. The van der Waals surface area contributed by atoms with E-state index < -0.39 is 0 Å². The summed E-state index contributed by atoms with van der Waals surface area (Å²) in [4.78, 5) is 14.6. The van der Waals surface area contributed by atoms with Gasteiger partial charge in [-0.05, 0) is 83.9 Å². The van der Waals surface area contributed by atoms with Crippen LogP contribution in [0.25, 0.3) is 88.1 Å². The maximum absolute atomic E-state index is 5.43. The molecule has 0 saturated heterocycles. The average Bonchev–Trinajstić information content (AvgIpc) is 3.39. The van der Waals surface area contributed by atoms with Crippen LogP contribution in [0.15, 0.2) is 152 Å². The Balaban J connectivity index is 1.30. The highest BCUT2D eigenvalue weighted by molar-refractivity contribution is 6.20. The lowest BCUT2D eigenvalue weighted by Crippen LogP contribution is -2.17. The molecule has 2 aromatic heterocycles. The second-order valence-corrected chi connectivity index (χ2v) is 13.5. The average molecular weight is 626 g/mol. The van der Waals surface area contributed by atoms with Crippen LogP contribution in [0.1, 0.15) is 25.0 Å². The maximum atomic E-state index is 5.43. The Hall–Kier alpha value is -6.19. The van der Waals surface area contributed by atoms with Gasteiger partial charge in [0.15, 0.2) is 5.82 Å². The summed E-state index contributed by atoms with van der Waals surface area (Å²) < 4.78 is 0. The van der Waals surface area contributed by atoms with Crippen LogP contribution >= 0.6 is 0 Å². The van der Waals surface area contributed by atoms with Crippen molar-refractivity contribution in [3.63, 3.8) is 0 Å². The monoisotopic (exact) mass is 625 g/mol. The number of benzene rings is 7. The Labute approximate surface area is 284 Å². The molecule has 2 heterocycles. The van der Waals surface area contributed by atoms with E-state index in [4.69, 9.17) is 4.98 Å². The van der Waals surface area contributed by atoms with Crippen LogP contribution in [0.3, 0.4) is 0 Å². The molecular weight excluding hydrogens is 595 g/mol. The number of nitrogens with zero attached hydrogens (tertiary/aromatic N) is 3. The largest absolute Gasteiger partial charge is 0.247 e. The Morgan fingerprint density at radius 2 is 1.00 bits per heavy atom. The Morgan fingerprint density at radius 3 is 1.71 bits per heavy atom. The van der Waals surface area contributed by atoms with Crippen molar-refractivity contribution in [1.82, 2.24) is 15.0 Å². The third kappa shape index (κ3) is 3.99. The Bertz CT molecular complexity index is 2800. The third-order valence-electron chi connectivity index (χ3n) is 10.6. The molecule has 1 aliphatic carbocycles. The summed E-state index contributed by atoms with van der Waals surface area (Å²) in [5.41, 5.74) is 11.7. The van der Waals surface area contributed by atoms with Crippen molar-refractivity contribution >= 4 is 43.2 Å². The molecule has 0 radical (unpaired) electrons. The van der Waals surface area contributed by atoms with Crippen LogP contribution in [0, 0.1) is 0 Å². The topological polar surface area (TPSA) is 38.7 Å². The summed E-state index contributed by atoms with van der Waals surface area (Å²) in [6, 6.07) is 50.4. The summed E-state index contributed by atoms with van der Waals surface area (Å²) in [6.45, 7) is 4.72. The van der Waals surface area contributed by atoms with E-state index in [2.05, 4.69) is 157 Å². The van der Waals surface area contributed by atoms with Gasteiger partial charge in [-0.2, -0.15) is 0 Å². The number of fused-ring (bicyclic) bond motifs is 8. The molecular formula is C46H31N3. The first-order valence-corrected chi connectivity index (χ1v) is 16.9. The summed E-state index contributed by atoms with van der Waals surface area (Å²) in [6.07, 6.45) is 3.61. The molecule has 7 aromatic carbocycles. The lowest BCUT2D eigenvalue weighted by molar-refractivity contribution is 0.662. The van der Waals surface area contributed by atoms with Crippen molar-refractivity contribution in [2.24, 2.45) is 0 Å². The van der Waals surface area contributed by atoms with Crippen LogP contribution in [-0.2, 0) is 5.41 Å². The smallest absolute Gasteiger partial charge is 0.159 e. The highest BCUT2D eigenvalue weighted by atomic mass is 14.9. The van der Waals surface area contributed by atoms with E-state index in [-0.39, 0.29) is 5.41 Å². The molecule has 0 N–H and O–H groups in total. The molecule has 10 rings (SSSR count). The standard InChI is InChI=1S/C46H31N3/c1-46(2)39-19-10-9-18-38(39)44-43(46)42(41-29-13-4-3-12-28(29)20-25-40(41)49-44)36-23-21-34(30-14-5-7-16-32(30)36)35-22-24-37(45-47-26-11-27-48-45)33-17-8-6-15-31(33)35/h3-27H,1-2H3. The van der Waals surface area contributed by atoms with Crippen molar-refractivity contribution in [3.8, 4) is 44.9 Å².